The molecule has 0 spiro atoms. The highest BCUT2D eigenvalue weighted by Gasteiger charge is 2.30. The first-order valence-corrected chi connectivity index (χ1v) is 2.57. The molecule has 0 aromatic heterocycles. The molecule has 0 aliphatic carbocycles. The molecule has 0 radical (unpaired) electrons. The van der Waals surface area contributed by atoms with Crippen LogP contribution in [0, 0.1) is 0 Å². The summed E-state index contributed by atoms with van der Waals surface area (Å²) < 4.78 is 16.2. The third kappa shape index (κ3) is 3.03. The lowest BCUT2D eigenvalue weighted by Gasteiger charge is -2.09. The summed E-state index contributed by atoms with van der Waals surface area (Å²) in [5.41, 5.74) is 0. The molecule has 0 bridgehead atoms. The van der Waals surface area contributed by atoms with E-state index in [1.165, 1.54) is 6.92 Å². The third-order valence-electron chi connectivity index (χ3n) is 0.648. The van der Waals surface area contributed by atoms with Crippen molar-refractivity contribution in [1.29, 1.82) is 0 Å². The molecule has 0 amide bonds. The number of carbonyl (C=O) groups excluding carboxylic acids is 1. The van der Waals surface area contributed by atoms with Gasteiger partial charge in [-0.15, -0.1) is 0 Å². The van der Waals surface area contributed by atoms with Crippen LogP contribution in [0.25, 0.3) is 0 Å². The first-order valence-electron chi connectivity index (χ1n) is 2.57. The number of alkyl halides is 1. The van der Waals surface area contributed by atoms with Crippen LogP contribution < -0.4 is 0 Å². The molecule has 9 heavy (non-hydrogen) atoms. The highest BCUT2D eigenvalue weighted by atomic mass is 19.2. The van der Waals surface area contributed by atoms with Gasteiger partial charge in [0.15, 0.2) is 0 Å². The predicted molar refractivity (Wildman–Crippen MR) is 28.4 cm³/mol. The Hall–Kier alpha value is -0.640. The number of hydrogen-bond donors (Lipinski definition) is 1. The van der Waals surface area contributed by atoms with Gasteiger partial charge in [0.05, 0.1) is 6.61 Å². The van der Waals surface area contributed by atoms with Crippen molar-refractivity contribution in [2.45, 2.75) is 19.7 Å². The number of ether oxygens (including phenoxy) is 1. The molecular formula is C5H9FO3. The van der Waals surface area contributed by atoms with Gasteiger partial charge in [-0.2, -0.15) is 4.39 Å². The lowest BCUT2D eigenvalue weighted by Crippen LogP contribution is -2.31. The van der Waals surface area contributed by atoms with Crippen LogP contribution in [-0.4, -0.2) is 23.5 Å². The van der Waals surface area contributed by atoms with E-state index in [-0.39, 0.29) is 6.61 Å². The first kappa shape index (κ1) is 8.36. The van der Waals surface area contributed by atoms with Crippen LogP contribution in [-0.2, 0) is 9.53 Å². The molecule has 4 heteroatoms. The second kappa shape index (κ2) is 2.77. The van der Waals surface area contributed by atoms with Gasteiger partial charge >= 0.3 is 11.8 Å². The zero-order chi connectivity index (χ0) is 7.49. The lowest BCUT2D eigenvalue weighted by atomic mass is 10.4. The maximum absolute atomic E-state index is 12.1. The number of carbonyl (C=O) groups is 1. The van der Waals surface area contributed by atoms with Crippen LogP contribution in [0.4, 0.5) is 4.39 Å². The normalized spacial score (nSPS) is 16.4. The molecule has 0 aliphatic heterocycles. The van der Waals surface area contributed by atoms with Gasteiger partial charge in [0.2, 0.25) is 0 Å². The molecule has 0 rings (SSSR count). The van der Waals surface area contributed by atoms with E-state index in [1.54, 1.807) is 0 Å². The van der Waals surface area contributed by atoms with Gasteiger partial charge in [-0.3, -0.25) is 0 Å². The van der Waals surface area contributed by atoms with E-state index in [0.717, 1.165) is 6.92 Å². The minimum atomic E-state index is -2.85. The van der Waals surface area contributed by atoms with E-state index in [0.29, 0.717) is 0 Å². The quantitative estimate of drug-likeness (QED) is 0.552. The molecule has 3 nitrogen and oxygen atoms in total. The largest absolute Gasteiger partial charge is 0.462 e. The van der Waals surface area contributed by atoms with Crippen LogP contribution in [0.2, 0.25) is 0 Å². The highest BCUT2D eigenvalue weighted by Crippen LogP contribution is 2.05. The summed E-state index contributed by atoms with van der Waals surface area (Å²) in [5.74, 6) is -4.10. The Morgan fingerprint density at radius 3 is 2.44 bits per heavy atom. The van der Waals surface area contributed by atoms with Crippen molar-refractivity contribution in [3.63, 3.8) is 0 Å². The smallest absolute Gasteiger partial charge is 0.371 e. The van der Waals surface area contributed by atoms with Crippen molar-refractivity contribution in [1.82, 2.24) is 0 Å². The van der Waals surface area contributed by atoms with E-state index < -0.39 is 11.8 Å². The average Bonchev–Trinajstić information content (AvgIpc) is 1.64. The van der Waals surface area contributed by atoms with Crippen LogP contribution in [0.3, 0.4) is 0 Å². The average molecular weight is 136 g/mol. The highest BCUT2D eigenvalue weighted by molar-refractivity contribution is 5.76. The van der Waals surface area contributed by atoms with E-state index in [9.17, 15) is 9.18 Å². The SMILES string of the molecule is CCOC(=O)C(C)(O)F. The van der Waals surface area contributed by atoms with Gasteiger partial charge in [-0.05, 0) is 6.92 Å². The molecule has 1 atom stereocenters. The summed E-state index contributed by atoms with van der Waals surface area (Å²) >= 11 is 0. The minimum absolute atomic E-state index is 0.0684. The Morgan fingerprint density at radius 2 is 2.33 bits per heavy atom. The monoisotopic (exact) mass is 136 g/mol. The topological polar surface area (TPSA) is 46.5 Å². The lowest BCUT2D eigenvalue weighted by molar-refractivity contribution is -0.182. The second-order valence-corrected chi connectivity index (χ2v) is 1.67. The maximum Gasteiger partial charge on any atom is 0.371 e. The van der Waals surface area contributed by atoms with Crippen molar-refractivity contribution >= 4 is 5.97 Å². The molecule has 0 aliphatic rings. The maximum atomic E-state index is 12.1. The fourth-order valence-corrected chi connectivity index (χ4v) is 0.263. The van der Waals surface area contributed by atoms with Crippen LogP contribution in [0.15, 0.2) is 0 Å². The molecule has 0 heterocycles. The van der Waals surface area contributed by atoms with Crippen molar-refractivity contribution in [2.75, 3.05) is 6.61 Å². The van der Waals surface area contributed by atoms with E-state index in [4.69, 9.17) is 5.11 Å². The van der Waals surface area contributed by atoms with Crippen LogP contribution >= 0.6 is 0 Å². The van der Waals surface area contributed by atoms with Gasteiger partial charge in [0.25, 0.3) is 0 Å². The van der Waals surface area contributed by atoms with Crippen molar-refractivity contribution < 1.29 is 19.0 Å². The molecule has 0 saturated heterocycles. The van der Waals surface area contributed by atoms with Gasteiger partial charge < -0.3 is 9.84 Å². The van der Waals surface area contributed by atoms with Gasteiger partial charge in [-0.1, -0.05) is 0 Å². The number of hydrogen-bond acceptors (Lipinski definition) is 3. The van der Waals surface area contributed by atoms with E-state index >= 15 is 0 Å². The summed E-state index contributed by atoms with van der Waals surface area (Å²) in [6, 6.07) is 0. The Balaban J connectivity index is 3.74. The molecule has 1 N–H and O–H groups in total. The fraction of sp³-hybridized carbons (Fsp3) is 0.800. The summed E-state index contributed by atoms with van der Waals surface area (Å²) in [6.07, 6.45) is 0. The first-order chi connectivity index (χ1) is 3.98. The Bertz CT molecular complexity index is 105. The molecular weight excluding hydrogens is 127 g/mol. The van der Waals surface area contributed by atoms with Gasteiger partial charge in [0, 0.05) is 6.92 Å². The zero-order valence-corrected chi connectivity index (χ0v) is 5.35. The fourth-order valence-electron chi connectivity index (χ4n) is 0.263. The van der Waals surface area contributed by atoms with Crippen molar-refractivity contribution in [2.24, 2.45) is 0 Å². The molecule has 1 unspecified atom stereocenters. The van der Waals surface area contributed by atoms with E-state index in [1.807, 2.05) is 0 Å². The standard InChI is InChI=1S/C5H9FO3/c1-3-9-4(7)5(2,6)8/h8H,3H2,1-2H3. The summed E-state index contributed by atoms with van der Waals surface area (Å²) in [5, 5.41) is 8.28. The molecule has 0 aromatic carbocycles. The number of halogens is 1. The second-order valence-electron chi connectivity index (χ2n) is 1.67. The molecule has 54 valence electrons. The molecule has 0 saturated carbocycles. The summed E-state index contributed by atoms with van der Waals surface area (Å²) in [6.45, 7) is 2.33. The number of esters is 1. The van der Waals surface area contributed by atoms with Gasteiger partial charge in [0.1, 0.15) is 0 Å². The van der Waals surface area contributed by atoms with Crippen LogP contribution in [0.1, 0.15) is 13.8 Å². The van der Waals surface area contributed by atoms with Crippen LogP contribution in [0.5, 0.6) is 0 Å². The predicted octanol–water partition coefficient (Wildman–Crippen LogP) is 0.227. The Labute approximate surface area is 52.4 Å². The number of rotatable bonds is 2. The Kier molecular flexibility index (Phi) is 2.58. The minimum Gasteiger partial charge on any atom is -0.462 e. The zero-order valence-electron chi connectivity index (χ0n) is 5.35. The third-order valence-corrected chi connectivity index (χ3v) is 0.648. The van der Waals surface area contributed by atoms with Crippen molar-refractivity contribution in [3.05, 3.63) is 0 Å². The summed E-state index contributed by atoms with van der Waals surface area (Å²) in [7, 11) is 0. The number of aliphatic hydroxyl groups is 1. The molecule has 0 aromatic rings. The van der Waals surface area contributed by atoms with E-state index in [2.05, 4.69) is 4.74 Å². The van der Waals surface area contributed by atoms with Crippen molar-refractivity contribution in [3.8, 4) is 0 Å². The molecule has 0 fully saturated rings. The van der Waals surface area contributed by atoms with Gasteiger partial charge in [-0.25, -0.2) is 4.79 Å². The summed E-state index contributed by atoms with van der Waals surface area (Å²) in [4.78, 5) is 10.2. The Morgan fingerprint density at radius 1 is 1.89 bits per heavy atom.